The van der Waals surface area contributed by atoms with Gasteiger partial charge in [-0.1, -0.05) is 12.1 Å². The fourth-order valence-corrected chi connectivity index (χ4v) is 3.80. The van der Waals surface area contributed by atoms with E-state index in [1.165, 1.54) is 18.9 Å². The Labute approximate surface area is 144 Å². The number of methoxy groups -OCH3 is 2. The van der Waals surface area contributed by atoms with Gasteiger partial charge < -0.3 is 18.8 Å². The van der Waals surface area contributed by atoms with Crippen molar-refractivity contribution in [2.24, 2.45) is 0 Å². The third-order valence-corrected chi connectivity index (χ3v) is 5.29. The lowest BCUT2D eigenvalue weighted by Gasteiger charge is -2.14. The van der Waals surface area contributed by atoms with Crippen LogP contribution in [0.3, 0.4) is 0 Å². The number of nitrogens with zero attached hydrogens (tertiary/aromatic N) is 1. The number of benzene rings is 1. The van der Waals surface area contributed by atoms with Gasteiger partial charge in [0, 0.05) is 23.7 Å². The number of esters is 1. The number of likely N-dealkylation sites (tertiary alicyclic amines) is 1. The highest BCUT2D eigenvalue weighted by Crippen LogP contribution is 2.30. The molecule has 0 saturated carbocycles. The van der Waals surface area contributed by atoms with Crippen LogP contribution in [0.25, 0.3) is 11.0 Å². The molecule has 1 aliphatic heterocycles. The molecule has 2 aromatic rings. The summed E-state index contributed by atoms with van der Waals surface area (Å²) in [7, 11) is 2.95. The van der Waals surface area contributed by atoms with Crippen molar-refractivity contribution < 1.29 is 23.5 Å². The number of furan rings is 1. The fraction of sp³-hybridized carbons (Fsp3) is 0.412. The third kappa shape index (κ3) is 3.36. The first-order chi connectivity index (χ1) is 11.6. The highest BCUT2D eigenvalue weighted by atomic mass is 32.2. The van der Waals surface area contributed by atoms with Crippen LogP contribution in [0.4, 0.5) is 0 Å². The van der Waals surface area contributed by atoms with Crippen molar-refractivity contribution in [2.45, 2.75) is 11.7 Å². The average Bonchev–Trinajstić information content (AvgIpc) is 3.25. The van der Waals surface area contributed by atoms with E-state index in [4.69, 9.17) is 9.15 Å². The number of ether oxygens (including phenoxy) is 2. The molecule has 7 heteroatoms. The number of amides is 1. The lowest BCUT2D eigenvalue weighted by Crippen LogP contribution is -2.28. The zero-order chi connectivity index (χ0) is 17.1. The molecule has 0 bridgehead atoms. The molecule has 3 rings (SSSR count). The molecule has 1 aliphatic rings. The molecule has 0 unspecified atom stereocenters. The zero-order valence-electron chi connectivity index (χ0n) is 13.6. The van der Waals surface area contributed by atoms with Crippen LogP contribution in [0.1, 0.15) is 17.0 Å². The van der Waals surface area contributed by atoms with E-state index >= 15 is 0 Å². The van der Waals surface area contributed by atoms with E-state index < -0.39 is 0 Å². The second kappa shape index (κ2) is 7.17. The van der Waals surface area contributed by atoms with Gasteiger partial charge in [-0.15, -0.1) is 11.8 Å². The molecule has 1 aromatic heterocycles. The van der Waals surface area contributed by atoms with Crippen LogP contribution in [0.5, 0.6) is 5.75 Å². The number of hydrogen-bond donors (Lipinski definition) is 0. The van der Waals surface area contributed by atoms with Crippen molar-refractivity contribution in [3.05, 3.63) is 30.0 Å². The maximum Gasteiger partial charge on any atom is 0.315 e. The number of carbonyl (C=O) groups is 2. The first-order valence-corrected chi connectivity index (χ1v) is 8.71. The summed E-state index contributed by atoms with van der Waals surface area (Å²) in [6, 6.07) is 7.29. The van der Waals surface area contributed by atoms with Crippen LogP contribution in [0, 0.1) is 0 Å². The standard InChI is InChI=1S/C17H19NO5S/c1-21-13-5-3-4-11-8-14(23-16(11)13)17(20)18-7-6-12(9-18)24-10-15(19)22-2/h3-5,8,12H,6-7,9-10H2,1-2H3/t12-/m1/s1. The molecule has 0 N–H and O–H groups in total. The largest absolute Gasteiger partial charge is 0.493 e. The van der Waals surface area contributed by atoms with E-state index in [1.807, 2.05) is 12.1 Å². The molecule has 24 heavy (non-hydrogen) atoms. The molecule has 1 amide bonds. The normalized spacial score (nSPS) is 17.2. The van der Waals surface area contributed by atoms with Crippen molar-refractivity contribution >= 4 is 34.6 Å². The van der Waals surface area contributed by atoms with E-state index in [2.05, 4.69) is 4.74 Å². The van der Waals surface area contributed by atoms with Crippen molar-refractivity contribution in [3.63, 3.8) is 0 Å². The van der Waals surface area contributed by atoms with Crippen LogP contribution in [-0.2, 0) is 9.53 Å². The van der Waals surface area contributed by atoms with Gasteiger partial charge in [0.15, 0.2) is 17.1 Å². The van der Waals surface area contributed by atoms with Gasteiger partial charge in [-0.05, 0) is 18.6 Å². The number of fused-ring (bicyclic) bond motifs is 1. The maximum atomic E-state index is 12.6. The quantitative estimate of drug-likeness (QED) is 0.773. The number of para-hydroxylation sites is 1. The molecule has 0 radical (unpaired) electrons. The highest BCUT2D eigenvalue weighted by Gasteiger charge is 2.29. The van der Waals surface area contributed by atoms with Gasteiger partial charge in [-0.2, -0.15) is 0 Å². The van der Waals surface area contributed by atoms with Gasteiger partial charge in [-0.25, -0.2) is 0 Å². The minimum Gasteiger partial charge on any atom is -0.493 e. The van der Waals surface area contributed by atoms with Crippen molar-refractivity contribution in [2.75, 3.05) is 33.1 Å². The Hall–Kier alpha value is -2.15. The van der Waals surface area contributed by atoms with E-state index in [0.29, 0.717) is 35.9 Å². The molecule has 1 saturated heterocycles. The smallest absolute Gasteiger partial charge is 0.315 e. The summed E-state index contributed by atoms with van der Waals surface area (Å²) in [4.78, 5) is 25.6. The van der Waals surface area contributed by atoms with Crippen molar-refractivity contribution in [3.8, 4) is 5.75 Å². The molecule has 1 aromatic carbocycles. The summed E-state index contributed by atoms with van der Waals surface area (Å²) < 4.78 is 15.6. The Balaban J connectivity index is 1.68. The predicted octanol–water partition coefficient (Wildman–Crippen LogP) is 2.56. The van der Waals surface area contributed by atoms with Gasteiger partial charge in [0.2, 0.25) is 0 Å². The minimum absolute atomic E-state index is 0.130. The van der Waals surface area contributed by atoms with Crippen molar-refractivity contribution in [1.82, 2.24) is 4.90 Å². The molecular weight excluding hydrogens is 330 g/mol. The SMILES string of the molecule is COC(=O)CS[C@@H]1CCN(C(=O)c2cc3cccc(OC)c3o2)C1. The van der Waals surface area contributed by atoms with Crippen molar-refractivity contribution in [1.29, 1.82) is 0 Å². The average molecular weight is 349 g/mol. The first kappa shape index (κ1) is 16.7. The van der Waals surface area contributed by atoms with E-state index in [0.717, 1.165) is 11.8 Å². The second-order valence-corrected chi connectivity index (χ2v) is 6.83. The second-order valence-electron chi connectivity index (χ2n) is 5.54. The summed E-state index contributed by atoms with van der Waals surface area (Å²) in [5, 5.41) is 1.08. The van der Waals surface area contributed by atoms with Crippen LogP contribution in [0.15, 0.2) is 28.7 Å². The third-order valence-electron chi connectivity index (χ3n) is 4.04. The Kier molecular flexibility index (Phi) is 4.99. The number of carbonyl (C=O) groups excluding carboxylic acids is 2. The Morgan fingerprint density at radius 2 is 2.21 bits per heavy atom. The summed E-state index contributed by atoms with van der Waals surface area (Å²) in [5.41, 5.74) is 0.583. The number of thioether (sulfide) groups is 1. The van der Waals surface area contributed by atoms with Gasteiger partial charge in [-0.3, -0.25) is 9.59 Å². The Bertz CT molecular complexity index is 757. The van der Waals surface area contributed by atoms with E-state index in [1.54, 1.807) is 24.1 Å². The van der Waals surface area contributed by atoms with E-state index in [9.17, 15) is 9.59 Å². The Morgan fingerprint density at radius 3 is 2.96 bits per heavy atom. The van der Waals surface area contributed by atoms with Gasteiger partial charge in [0.25, 0.3) is 5.91 Å². The summed E-state index contributed by atoms with van der Waals surface area (Å²) in [6.45, 7) is 1.26. The van der Waals surface area contributed by atoms with Gasteiger partial charge >= 0.3 is 5.97 Å². The lowest BCUT2D eigenvalue weighted by molar-refractivity contribution is -0.137. The summed E-state index contributed by atoms with van der Waals surface area (Å²) in [5.74, 6) is 0.863. The molecule has 0 aliphatic carbocycles. The fourth-order valence-electron chi connectivity index (χ4n) is 2.75. The van der Waals surface area contributed by atoms with Crippen LogP contribution in [0.2, 0.25) is 0 Å². The van der Waals surface area contributed by atoms with Crippen LogP contribution >= 0.6 is 11.8 Å². The van der Waals surface area contributed by atoms with Crippen LogP contribution in [-0.4, -0.2) is 55.1 Å². The monoisotopic (exact) mass is 349 g/mol. The molecule has 6 nitrogen and oxygen atoms in total. The topological polar surface area (TPSA) is 69.0 Å². The number of rotatable bonds is 5. The molecule has 0 spiro atoms. The minimum atomic E-state index is -0.242. The molecule has 128 valence electrons. The van der Waals surface area contributed by atoms with Gasteiger partial charge in [0.1, 0.15) is 0 Å². The molecule has 1 fully saturated rings. The maximum absolute atomic E-state index is 12.6. The predicted molar refractivity (Wildman–Crippen MR) is 91.5 cm³/mol. The van der Waals surface area contributed by atoms with E-state index in [-0.39, 0.29) is 17.1 Å². The Morgan fingerprint density at radius 1 is 1.38 bits per heavy atom. The van der Waals surface area contributed by atoms with Crippen LogP contribution < -0.4 is 4.74 Å². The lowest BCUT2D eigenvalue weighted by atomic mass is 10.2. The summed E-state index contributed by atoms with van der Waals surface area (Å²) >= 11 is 1.53. The molecule has 1 atom stereocenters. The number of hydrogen-bond acceptors (Lipinski definition) is 6. The van der Waals surface area contributed by atoms with Gasteiger partial charge in [0.05, 0.1) is 20.0 Å². The first-order valence-electron chi connectivity index (χ1n) is 7.66. The highest BCUT2D eigenvalue weighted by molar-refractivity contribution is 8.00. The summed E-state index contributed by atoms with van der Waals surface area (Å²) in [6.07, 6.45) is 0.858. The molecule has 2 heterocycles. The zero-order valence-corrected chi connectivity index (χ0v) is 14.4. The molecular formula is C17H19NO5S.